The van der Waals surface area contributed by atoms with Crippen molar-refractivity contribution in [2.45, 2.75) is 59.2 Å². The third-order valence-electron chi connectivity index (χ3n) is 8.82. The molecule has 12 nitrogen and oxygen atoms in total. The highest BCUT2D eigenvalue weighted by Gasteiger charge is 2.28. The molecule has 0 aliphatic carbocycles. The number of methoxy groups -OCH3 is 2. The van der Waals surface area contributed by atoms with E-state index in [4.69, 9.17) is 9.47 Å². The Morgan fingerprint density at radius 2 is 1.09 bits per heavy atom. The summed E-state index contributed by atoms with van der Waals surface area (Å²) >= 11 is 0. The molecule has 4 rings (SSSR count). The van der Waals surface area contributed by atoms with Gasteiger partial charge in [-0.15, -0.1) is 0 Å². The Labute approximate surface area is 272 Å². The molecule has 6 N–H and O–H groups in total. The van der Waals surface area contributed by atoms with E-state index in [1.54, 1.807) is 38.2 Å². The highest BCUT2D eigenvalue weighted by molar-refractivity contribution is 6.02. The van der Waals surface area contributed by atoms with Crippen LogP contribution in [0.5, 0.6) is 0 Å². The Bertz CT molecular complexity index is 1680. The number of hydrogen-bond donors (Lipinski definition) is 6. The number of nitrogens with one attached hydrogen (secondary N) is 4. The Hall–Kier alpha value is -5.20. The lowest BCUT2D eigenvalue weighted by Gasteiger charge is -2.14. The predicted octanol–water partition coefficient (Wildman–Crippen LogP) is 3.78. The van der Waals surface area contributed by atoms with Gasteiger partial charge in [0.15, 0.2) is 12.2 Å². The fourth-order valence-electron chi connectivity index (χ4n) is 5.93. The second-order valence-electron chi connectivity index (χ2n) is 11.5. The van der Waals surface area contributed by atoms with E-state index in [-0.39, 0.29) is 31.1 Å². The van der Waals surface area contributed by atoms with E-state index < -0.39 is 24.1 Å². The number of carbonyl (C=O) groups is 4. The summed E-state index contributed by atoms with van der Waals surface area (Å²) < 4.78 is 10.6. The number of hydrogen-bond acceptors (Lipinski definition) is 6. The smallest absolute Gasteiger partial charge is 0.333 e. The van der Waals surface area contributed by atoms with Gasteiger partial charge in [0.05, 0.1) is 11.4 Å². The van der Waals surface area contributed by atoms with E-state index in [0.717, 1.165) is 11.1 Å². The Kier molecular flexibility index (Phi) is 10.4. The number of rotatable bonds is 14. The number of carboxylic acids is 2. The second kappa shape index (κ2) is 14.1. The first-order valence-corrected chi connectivity index (χ1v) is 14.9. The summed E-state index contributed by atoms with van der Waals surface area (Å²) in [5.74, 6) is -2.71. The maximum absolute atomic E-state index is 12.4. The van der Waals surface area contributed by atoms with Crippen molar-refractivity contribution in [3.05, 3.63) is 104 Å². The summed E-state index contributed by atoms with van der Waals surface area (Å²) in [6.45, 7) is 14.8. The summed E-state index contributed by atoms with van der Waals surface area (Å²) in [5.41, 5.74) is 9.06. The minimum atomic E-state index is -1.13. The quantitative estimate of drug-likeness (QED) is 0.180. The molecule has 248 valence electrons. The highest BCUT2D eigenvalue weighted by Crippen LogP contribution is 2.32. The predicted molar refractivity (Wildman–Crippen MR) is 176 cm³/mol. The van der Waals surface area contributed by atoms with Crippen LogP contribution in [0.3, 0.4) is 0 Å². The number of ether oxygens (including phenoxy) is 2. The van der Waals surface area contributed by atoms with Crippen LogP contribution in [-0.2, 0) is 47.9 Å². The monoisotopic (exact) mass is 644 g/mol. The molecule has 0 fully saturated rings. The van der Waals surface area contributed by atoms with Gasteiger partial charge in [-0.2, -0.15) is 0 Å². The third kappa shape index (κ3) is 6.83. The molecule has 2 amide bonds. The summed E-state index contributed by atoms with van der Waals surface area (Å²) in [4.78, 5) is 55.6. The summed E-state index contributed by atoms with van der Waals surface area (Å²) in [5, 5.41) is 25.3. The van der Waals surface area contributed by atoms with Gasteiger partial charge in [0.1, 0.15) is 0 Å². The molecule has 0 aromatic carbocycles. The molecule has 4 heterocycles. The zero-order chi connectivity index (χ0) is 34.7. The molecule has 0 saturated heterocycles. The Morgan fingerprint density at radius 1 is 0.723 bits per heavy atom. The van der Waals surface area contributed by atoms with Crippen LogP contribution in [0, 0.1) is 13.8 Å². The SMILES string of the molecule is C=CC1=C(C)C(=O)NC1=Cc1[nH]c(Cc2[nH]c(C=C3NC(=O)C(C)=C3C=C)c(C)c2CC(OC)C(=O)O)c(CC(OC)C(=O)O)c1C. The first kappa shape index (κ1) is 34.7. The first-order valence-electron chi connectivity index (χ1n) is 14.9. The molecule has 0 saturated carbocycles. The van der Waals surface area contributed by atoms with Crippen molar-refractivity contribution >= 4 is 35.9 Å². The molecular formula is C35H40N4O8. The van der Waals surface area contributed by atoms with Crippen molar-refractivity contribution < 1.29 is 38.9 Å². The van der Waals surface area contributed by atoms with Crippen LogP contribution in [0.2, 0.25) is 0 Å². The van der Waals surface area contributed by atoms with E-state index in [2.05, 4.69) is 33.8 Å². The van der Waals surface area contributed by atoms with E-state index in [1.165, 1.54) is 14.2 Å². The van der Waals surface area contributed by atoms with E-state index in [1.807, 2.05) is 13.8 Å². The molecular weight excluding hydrogens is 604 g/mol. The van der Waals surface area contributed by atoms with Gasteiger partial charge < -0.3 is 40.3 Å². The number of amides is 2. The van der Waals surface area contributed by atoms with Gasteiger partial charge in [-0.3, -0.25) is 9.59 Å². The average molecular weight is 645 g/mol. The lowest BCUT2D eigenvalue weighted by atomic mass is 9.97. The molecule has 2 aliphatic rings. The minimum Gasteiger partial charge on any atom is -0.479 e. The summed E-state index contributed by atoms with van der Waals surface area (Å²) in [6, 6.07) is 0. The maximum Gasteiger partial charge on any atom is 0.333 e. The van der Waals surface area contributed by atoms with Crippen molar-refractivity contribution in [1.29, 1.82) is 0 Å². The molecule has 2 unspecified atom stereocenters. The first-order chi connectivity index (χ1) is 22.3. The fraction of sp³-hybridized carbons (Fsp3) is 0.314. The number of aromatic amines is 2. The van der Waals surface area contributed by atoms with Gasteiger partial charge in [0.2, 0.25) is 0 Å². The molecule has 0 radical (unpaired) electrons. The Morgan fingerprint density at radius 3 is 1.38 bits per heavy atom. The minimum absolute atomic E-state index is 0.0444. The van der Waals surface area contributed by atoms with Crippen LogP contribution in [0.4, 0.5) is 0 Å². The van der Waals surface area contributed by atoms with Crippen LogP contribution < -0.4 is 10.6 Å². The molecule has 0 spiro atoms. The van der Waals surface area contributed by atoms with Crippen LogP contribution in [0.1, 0.15) is 58.9 Å². The van der Waals surface area contributed by atoms with Crippen LogP contribution in [-0.4, -0.2) is 70.4 Å². The van der Waals surface area contributed by atoms with Crippen LogP contribution in [0.25, 0.3) is 12.2 Å². The summed E-state index contributed by atoms with van der Waals surface area (Å²) in [6.07, 6.45) is 4.83. The molecule has 2 aromatic heterocycles. The topological polar surface area (TPSA) is 183 Å². The zero-order valence-electron chi connectivity index (χ0n) is 27.3. The molecule has 2 atom stereocenters. The molecule has 47 heavy (non-hydrogen) atoms. The normalized spacial score (nSPS) is 17.8. The number of H-pyrrole nitrogens is 2. The van der Waals surface area contributed by atoms with Crippen molar-refractivity contribution in [1.82, 2.24) is 20.6 Å². The number of carboxylic acid groups (broad SMARTS) is 2. The van der Waals surface area contributed by atoms with Crippen molar-refractivity contribution in [2.24, 2.45) is 0 Å². The van der Waals surface area contributed by atoms with Crippen molar-refractivity contribution in [3.63, 3.8) is 0 Å². The van der Waals surface area contributed by atoms with E-state index in [0.29, 0.717) is 67.6 Å². The van der Waals surface area contributed by atoms with Gasteiger partial charge in [0.25, 0.3) is 11.8 Å². The third-order valence-corrected chi connectivity index (χ3v) is 8.82. The Balaban J connectivity index is 1.89. The standard InChI is InChI=1S/C35H40N4O8/c1-9-20-18(5)32(40)38-26(20)13-24-16(3)22(11-30(46-7)34(42)43)28(36-24)15-29-23(12-31(47-8)35(44)45)17(4)25(37-29)14-27-21(10-2)19(6)33(41)39-27/h9-10,13-14,30-31,36-37H,1-2,11-12,15H2,3-8H3,(H,38,40)(H,39,41)(H,42,43)(H,44,45). The summed E-state index contributed by atoms with van der Waals surface area (Å²) in [7, 11) is 2.67. The highest BCUT2D eigenvalue weighted by atomic mass is 16.5. The van der Waals surface area contributed by atoms with Gasteiger partial charge in [0, 0.05) is 78.6 Å². The van der Waals surface area contributed by atoms with Crippen molar-refractivity contribution in [2.75, 3.05) is 14.2 Å². The van der Waals surface area contributed by atoms with Gasteiger partial charge in [-0.25, -0.2) is 9.59 Å². The number of carbonyl (C=O) groups excluding carboxylic acids is 2. The van der Waals surface area contributed by atoms with Crippen LogP contribution >= 0.6 is 0 Å². The molecule has 2 aromatic rings. The number of aromatic nitrogens is 2. The van der Waals surface area contributed by atoms with Gasteiger partial charge >= 0.3 is 11.9 Å². The largest absolute Gasteiger partial charge is 0.479 e. The lowest BCUT2D eigenvalue weighted by molar-refractivity contribution is -0.149. The van der Waals surface area contributed by atoms with Crippen molar-refractivity contribution in [3.8, 4) is 0 Å². The van der Waals surface area contributed by atoms with Crippen LogP contribution in [0.15, 0.2) is 59.0 Å². The second-order valence-corrected chi connectivity index (χ2v) is 11.5. The van der Waals surface area contributed by atoms with Gasteiger partial charge in [-0.1, -0.05) is 25.3 Å². The average Bonchev–Trinajstić information content (AvgIpc) is 3.67. The number of allylic oxidation sites excluding steroid dienone is 2. The van der Waals surface area contributed by atoms with E-state index >= 15 is 0 Å². The lowest BCUT2D eigenvalue weighted by Crippen LogP contribution is -2.26. The molecule has 0 bridgehead atoms. The van der Waals surface area contributed by atoms with E-state index in [9.17, 15) is 29.4 Å². The number of aliphatic carboxylic acids is 2. The molecule has 12 heteroatoms. The maximum atomic E-state index is 12.4. The zero-order valence-corrected chi connectivity index (χ0v) is 27.3. The molecule has 2 aliphatic heterocycles. The van der Waals surface area contributed by atoms with Gasteiger partial charge in [-0.05, 0) is 62.1 Å². The fourth-order valence-corrected chi connectivity index (χ4v) is 5.93.